The van der Waals surface area contributed by atoms with Crippen LogP contribution in [0.1, 0.15) is 18.4 Å². The number of nitrogens with zero attached hydrogens (tertiary/aromatic N) is 1. The lowest BCUT2D eigenvalue weighted by Gasteiger charge is -2.31. The number of primary amides is 1. The fraction of sp³-hybridized carbons (Fsp3) is 0.429. The molecule has 1 fully saturated rings. The highest BCUT2D eigenvalue weighted by Gasteiger charge is 2.23. The molecule has 1 aliphatic rings. The number of nitrogens with one attached hydrogen (secondary N) is 2. The molecule has 1 aromatic carbocycles. The molecular weight excluding hydrogens is 256 g/mol. The van der Waals surface area contributed by atoms with Crippen molar-refractivity contribution in [3.63, 3.8) is 0 Å². The summed E-state index contributed by atoms with van der Waals surface area (Å²) in [6, 6.07) is 6.85. The van der Waals surface area contributed by atoms with Crippen molar-refractivity contribution < 1.29 is 9.59 Å². The first-order valence-electron chi connectivity index (χ1n) is 6.73. The van der Waals surface area contributed by atoms with E-state index >= 15 is 0 Å². The molecule has 1 atom stereocenters. The second-order valence-electron chi connectivity index (χ2n) is 5.09. The Morgan fingerprint density at radius 2 is 2.20 bits per heavy atom. The Kier molecular flexibility index (Phi) is 4.45. The van der Waals surface area contributed by atoms with Gasteiger partial charge in [-0.05, 0) is 37.5 Å². The summed E-state index contributed by atoms with van der Waals surface area (Å²) >= 11 is 0. The highest BCUT2D eigenvalue weighted by molar-refractivity contribution is 5.89. The molecule has 1 aromatic rings. The molecule has 0 aliphatic carbocycles. The third kappa shape index (κ3) is 3.88. The first kappa shape index (κ1) is 14.2. The van der Waals surface area contributed by atoms with E-state index < -0.39 is 6.03 Å². The molecule has 2 rings (SSSR count). The van der Waals surface area contributed by atoms with Crippen LogP contribution in [0.5, 0.6) is 0 Å². The predicted molar refractivity (Wildman–Crippen MR) is 77.5 cm³/mol. The summed E-state index contributed by atoms with van der Waals surface area (Å²) in [5.74, 6) is 0. The van der Waals surface area contributed by atoms with Crippen LogP contribution in [0, 0.1) is 6.92 Å². The number of hydrogen-bond acceptors (Lipinski definition) is 2. The van der Waals surface area contributed by atoms with E-state index in [1.165, 1.54) is 0 Å². The lowest BCUT2D eigenvalue weighted by Crippen LogP contribution is -2.51. The average molecular weight is 276 g/mol. The minimum absolute atomic E-state index is 0.0546. The van der Waals surface area contributed by atoms with E-state index in [4.69, 9.17) is 5.73 Å². The molecular formula is C14H20N4O2. The van der Waals surface area contributed by atoms with E-state index in [1.54, 1.807) is 4.90 Å². The van der Waals surface area contributed by atoms with Crippen LogP contribution >= 0.6 is 0 Å². The molecule has 1 aliphatic heterocycles. The van der Waals surface area contributed by atoms with Crippen LogP contribution in [0.2, 0.25) is 0 Å². The summed E-state index contributed by atoms with van der Waals surface area (Å²) in [7, 11) is 0. The largest absolute Gasteiger partial charge is 0.351 e. The Labute approximate surface area is 118 Å². The molecule has 4 amide bonds. The quantitative estimate of drug-likeness (QED) is 0.767. The Balaban J connectivity index is 1.86. The van der Waals surface area contributed by atoms with Gasteiger partial charge in [0, 0.05) is 24.8 Å². The van der Waals surface area contributed by atoms with Gasteiger partial charge in [0.05, 0.1) is 0 Å². The number of amides is 4. The summed E-state index contributed by atoms with van der Waals surface area (Å²) in [4.78, 5) is 24.6. The molecule has 1 heterocycles. The van der Waals surface area contributed by atoms with Crippen molar-refractivity contribution in [2.24, 2.45) is 5.73 Å². The van der Waals surface area contributed by atoms with E-state index in [-0.39, 0.29) is 12.1 Å². The normalized spacial score (nSPS) is 18.4. The highest BCUT2D eigenvalue weighted by atomic mass is 16.2. The number of likely N-dealkylation sites (tertiary alicyclic amines) is 1. The van der Waals surface area contributed by atoms with Crippen molar-refractivity contribution in [2.45, 2.75) is 25.8 Å². The molecule has 20 heavy (non-hydrogen) atoms. The second kappa shape index (κ2) is 6.27. The molecule has 108 valence electrons. The molecule has 0 unspecified atom stereocenters. The Morgan fingerprint density at radius 3 is 2.90 bits per heavy atom. The number of hydrogen-bond donors (Lipinski definition) is 3. The maximum absolute atomic E-state index is 11.9. The molecule has 6 nitrogen and oxygen atoms in total. The summed E-state index contributed by atoms with van der Waals surface area (Å²) < 4.78 is 0. The number of piperidine rings is 1. The van der Waals surface area contributed by atoms with E-state index in [2.05, 4.69) is 10.6 Å². The first-order valence-corrected chi connectivity index (χ1v) is 6.73. The summed E-state index contributed by atoms with van der Waals surface area (Å²) in [6.45, 7) is 3.10. The fourth-order valence-corrected chi connectivity index (χ4v) is 2.37. The van der Waals surface area contributed by atoms with Crippen LogP contribution in [0.15, 0.2) is 24.3 Å². The average Bonchev–Trinajstić information content (AvgIpc) is 2.38. The van der Waals surface area contributed by atoms with E-state index in [1.807, 2.05) is 31.2 Å². The number of urea groups is 2. The molecule has 0 spiro atoms. The van der Waals surface area contributed by atoms with Gasteiger partial charge < -0.3 is 21.3 Å². The van der Waals surface area contributed by atoms with Crippen molar-refractivity contribution in [1.29, 1.82) is 0 Å². The minimum atomic E-state index is -0.435. The summed E-state index contributed by atoms with van der Waals surface area (Å²) in [5.41, 5.74) is 7.10. The zero-order chi connectivity index (χ0) is 14.5. The van der Waals surface area contributed by atoms with E-state index in [9.17, 15) is 9.59 Å². The standard InChI is InChI=1S/C14H20N4O2/c1-10-4-2-5-11(8-10)16-14(20)17-12-6-3-7-18(9-12)13(15)19/h2,4-5,8,12H,3,6-7,9H2,1H3,(H2,15,19)(H2,16,17,20)/t12-/m1/s1. The lowest BCUT2D eigenvalue weighted by atomic mass is 10.1. The van der Waals surface area contributed by atoms with Gasteiger partial charge in [-0.3, -0.25) is 0 Å². The Morgan fingerprint density at radius 1 is 1.40 bits per heavy atom. The van der Waals surface area contributed by atoms with Crippen LogP contribution in [0.25, 0.3) is 0 Å². The van der Waals surface area contributed by atoms with Gasteiger partial charge in [-0.1, -0.05) is 12.1 Å². The monoisotopic (exact) mass is 276 g/mol. The number of aryl methyl sites for hydroxylation is 1. The van der Waals surface area contributed by atoms with Crippen LogP contribution < -0.4 is 16.4 Å². The van der Waals surface area contributed by atoms with Crippen LogP contribution in [0.4, 0.5) is 15.3 Å². The highest BCUT2D eigenvalue weighted by Crippen LogP contribution is 2.11. The van der Waals surface area contributed by atoms with Gasteiger partial charge in [0.1, 0.15) is 0 Å². The number of nitrogens with two attached hydrogens (primary N) is 1. The van der Waals surface area contributed by atoms with E-state index in [0.29, 0.717) is 13.1 Å². The topological polar surface area (TPSA) is 87.5 Å². The van der Waals surface area contributed by atoms with Gasteiger partial charge in [0.25, 0.3) is 0 Å². The lowest BCUT2D eigenvalue weighted by molar-refractivity contribution is 0.181. The molecule has 4 N–H and O–H groups in total. The zero-order valence-corrected chi connectivity index (χ0v) is 11.6. The van der Waals surface area contributed by atoms with Crippen molar-refractivity contribution >= 4 is 17.7 Å². The Bertz CT molecular complexity index is 504. The van der Waals surface area contributed by atoms with Gasteiger partial charge in [-0.15, -0.1) is 0 Å². The van der Waals surface area contributed by atoms with Crippen LogP contribution in [0.3, 0.4) is 0 Å². The van der Waals surface area contributed by atoms with Crippen molar-refractivity contribution in [3.8, 4) is 0 Å². The molecule has 0 radical (unpaired) electrons. The van der Waals surface area contributed by atoms with Crippen LogP contribution in [-0.4, -0.2) is 36.1 Å². The zero-order valence-electron chi connectivity index (χ0n) is 11.6. The fourth-order valence-electron chi connectivity index (χ4n) is 2.37. The maximum Gasteiger partial charge on any atom is 0.319 e. The third-order valence-electron chi connectivity index (χ3n) is 3.34. The van der Waals surface area contributed by atoms with Crippen LogP contribution in [-0.2, 0) is 0 Å². The summed E-state index contributed by atoms with van der Waals surface area (Å²) in [6.07, 6.45) is 1.70. The summed E-state index contributed by atoms with van der Waals surface area (Å²) in [5, 5.41) is 5.66. The number of rotatable bonds is 2. The predicted octanol–water partition coefficient (Wildman–Crippen LogP) is 1.66. The third-order valence-corrected chi connectivity index (χ3v) is 3.34. The minimum Gasteiger partial charge on any atom is -0.351 e. The smallest absolute Gasteiger partial charge is 0.319 e. The number of benzene rings is 1. The van der Waals surface area contributed by atoms with Crippen molar-refractivity contribution in [3.05, 3.63) is 29.8 Å². The van der Waals surface area contributed by atoms with Gasteiger partial charge >= 0.3 is 12.1 Å². The van der Waals surface area contributed by atoms with Gasteiger partial charge in [0.15, 0.2) is 0 Å². The Hall–Kier alpha value is -2.24. The van der Waals surface area contributed by atoms with E-state index in [0.717, 1.165) is 24.1 Å². The van der Waals surface area contributed by atoms with Crippen molar-refractivity contribution in [2.75, 3.05) is 18.4 Å². The molecule has 6 heteroatoms. The number of carbonyl (C=O) groups excluding carboxylic acids is 2. The molecule has 0 bridgehead atoms. The van der Waals surface area contributed by atoms with Gasteiger partial charge in [-0.2, -0.15) is 0 Å². The SMILES string of the molecule is Cc1cccc(NC(=O)N[C@@H]2CCCN(C(N)=O)C2)c1. The number of carbonyl (C=O) groups is 2. The second-order valence-corrected chi connectivity index (χ2v) is 5.09. The van der Waals surface area contributed by atoms with Crippen molar-refractivity contribution in [1.82, 2.24) is 10.2 Å². The maximum atomic E-state index is 11.9. The molecule has 1 saturated heterocycles. The van der Waals surface area contributed by atoms with Gasteiger partial charge in [0.2, 0.25) is 0 Å². The molecule has 0 aromatic heterocycles. The van der Waals surface area contributed by atoms with Gasteiger partial charge in [-0.25, -0.2) is 9.59 Å². The molecule has 0 saturated carbocycles. The number of anilines is 1. The first-order chi connectivity index (χ1) is 9.54.